The Bertz CT molecular complexity index is 760. The molecule has 0 aliphatic heterocycles. The maximum absolute atomic E-state index is 12.0. The minimum Gasteiger partial charge on any atom is -0.493 e. The van der Waals surface area contributed by atoms with Crippen molar-refractivity contribution in [3.8, 4) is 11.5 Å². The summed E-state index contributed by atoms with van der Waals surface area (Å²) in [5.74, 6) is 1.65. The van der Waals surface area contributed by atoms with Crippen LogP contribution in [0.2, 0.25) is 0 Å². The van der Waals surface area contributed by atoms with Crippen LogP contribution >= 0.6 is 0 Å². The molecule has 0 aliphatic carbocycles. The van der Waals surface area contributed by atoms with E-state index < -0.39 is 0 Å². The lowest BCUT2D eigenvalue weighted by Gasteiger charge is -2.10. The van der Waals surface area contributed by atoms with Crippen molar-refractivity contribution in [2.75, 3.05) is 33.2 Å². The number of carbonyl (C=O) groups excluding carboxylic acids is 1. The maximum Gasteiger partial charge on any atom is 0.244 e. The normalized spacial score (nSPS) is 10.6. The van der Waals surface area contributed by atoms with Gasteiger partial charge in [0.1, 0.15) is 0 Å². The number of amides is 1. The van der Waals surface area contributed by atoms with Gasteiger partial charge in [-0.05, 0) is 29.8 Å². The van der Waals surface area contributed by atoms with E-state index in [1.54, 1.807) is 44.7 Å². The van der Waals surface area contributed by atoms with Gasteiger partial charge in [-0.1, -0.05) is 6.07 Å². The predicted octanol–water partition coefficient (Wildman–Crippen LogP) is 1.89. The summed E-state index contributed by atoms with van der Waals surface area (Å²) in [5.41, 5.74) is 1.58. The molecule has 0 unspecified atom stereocenters. The monoisotopic (exact) mass is 342 g/mol. The number of anilines is 1. The van der Waals surface area contributed by atoms with Crippen LogP contribution in [0.5, 0.6) is 11.5 Å². The van der Waals surface area contributed by atoms with E-state index in [2.05, 4.69) is 15.3 Å². The summed E-state index contributed by atoms with van der Waals surface area (Å²) >= 11 is 0. The molecule has 7 nitrogen and oxygen atoms in total. The third-order valence-corrected chi connectivity index (χ3v) is 3.38. The van der Waals surface area contributed by atoms with Crippen molar-refractivity contribution >= 4 is 17.9 Å². The number of hydrogen-bond acceptors (Lipinski definition) is 6. The summed E-state index contributed by atoms with van der Waals surface area (Å²) < 4.78 is 10.4. The number of aromatic nitrogens is 2. The van der Waals surface area contributed by atoms with Gasteiger partial charge in [0, 0.05) is 26.4 Å². The number of methoxy groups -OCH3 is 2. The van der Waals surface area contributed by atoms with Crippen molar-refractivity contribution < 1.29 is 14.3 Å². The number of ether oxygens (including phenoxy) is 2. The van der Waals surface area contributed by atoms with E-state index in [4.69, 9.17) is 9.47 Å². The molecule has 2 aromatic rings. The minimum atomic E-state index is -0.209. The summed E-state index contributed by atoms with van der Waals surface area (Å²) in [5, 5.41) is 2.80. The molecule has 0 aliphatic rings. The largest absolute Gasteiger partial charge is 0.493 e. The van der Waals surface area contributed by atoms with Crippen molar-refractivity contribution in [2.45, 2.75) is 6.54 Å². The minimum absolute atomic E-state index is 0.209. The Labute approximate surface area is 147 Å². The highest BCUT2D eigenvalue weighted by Gasteiger charge is 2.04. The van der Waals surface area contributed by atoms with Crippen molar-refractivity contribution in [1.29, 1.82) is 0 Å². The molecular weight excluding hydrogens is 320 g/mol. The smallest absolute Gasteiger partial charge is 0.244 e. The predicted molar refractivity (Wildman–Crippen MR) is 96.8 cm³/mol. The highest BCUT2D eigenvalue weighted by Crippen LogP contribution is 2.27. The Morgan fingerprint density at radius 1 is 1.20 bits per heavy atom. The Hall–Kier alpha value is -3.09. The molecule has 7 heteroatoms. The van der Waals surface area contributed by atoms with E-state index in [1.165, 1.54) is 6.08 Å². The molecule has 1 aromatic carbocycles. The third kappa shape index (κ3) is 5.20. The number of rotatable bonds is 7. The second-order valence-electron chi connectivity index (χ2n) is 5.41. The molecule has 1 N–H and O–H groups in total. The SMILES string of the molecule is COc1ccc(C=CC(=O)NCc2ccnc(N(C)C)n2)cc1OC. The van der Waals surface area contributed by atoms with E-state index in [0.717, 1.165) is 11.3 Å². The molecule has 0 saturated carbocycles. The second-order valence-corrected chi connectivity index (χ2v) is 5.41. The molecule has 0 radical (unpaired) electrons. The second kappa shape index (κ2) is 8.68. The quantitative estimate of drug-likeness (QED) is 0.775. The van der Waals surface area contributed by atoms with Crippen molar-refractivity contribution in [2.24, 2.45) is 0 Å². The molecule has 0 bridgehead atoms. The van der Waals surface area contributed by atoms with Crippen LogP contribution < -0.4 is 19.7 Å². The molecule has 25 heavy (non-hydrogen) atoms. The van der Waals surface area contributed by atoms with Crippen molar-refractivity contribution in [3.63, 3.8) is 0 Å². The highest BCUT2D eigenvalue weighted by atomic mass is 16.5. The topological polar surface area (TPSA) is 76.6 Å². The number of hydrogen-bond donors (Lipinski definition) is 1. The van der Waals surface area contributed by atoms with Gasteiger partial charge in [-0.3, -0.25) is 4.79 Å². The first-order valence-corrected chi connectivity index (χ1v) is 7.70. The Balaban J connectivity index is 1.96. The van der Waals surface area contributed by atoms with Crippen molar-refractivity contribution in [1.82, 2.24) is 15.3 Å². The fraction of sp³-hybridized carbons (Fsp3) is 0.278. The van der Waals surface area contributed by atoms with E-state index in [9.17, 15) is 4.79 Å². The average Bonchev–Trinajstić information content (AvgIpc) is 2.64. The lowest BCUT2D eigenvalue weighted by Crippen LogP contribution is -2.22. The molecular formula is C18H22N4O3. The van der Waals surface area contributed by atoms with E-state index >= 15 is 0 Å². The standard InChI is InChI=1S/C18H22N4O3/c1-22(2)18-19-10-9-14(21-18)12-20-17(23)8-6-13-5-7-15(24-3)16(11-13)25-4/h5-11H,12H2,1-4H3,(H,20,23). The van der Waals surface area contributed by atoms with Crippen LogP contribution in [0.15, 0.2) is 36.5 Å². The highest BCUT2D eigenvalue weighted by molar-refractivity contribution is 5.91. The number of benzene rings is 1. The van der Waals surface area contributed by atoms with Crippen LogP contribution in [0.3, 0.4) is 0 Å². The average molecular weight is 342 g/mol. The van der Waals surface area contributed by atoms with E-state index in [-0.39, 0.29) is 5.91 Å². The van der Waals surface area contributed by atoms with Gasteiger partial charge >= 0.3 is 0 Å². The van der Waals surface area contributed by atoms with Crippen LogP contribution in [0.4, 0.5) is 5.95 Å². The third-order valence-electron chi connectivity index (χ3n) is 3.38. The zero-order chi connectivity index (χ0) is 18.2. The molecule has 0 spiro atoms. The van der Waals surface area contributed by atoms with Gasteiger partial charge in [0.05, 0.1) is 26.5 Å². The van der Waals surface area contributed by atoms with E-state index in [1.807, 2.05) is 25.1 Å². The molecule has 1 heterocycles. The van der Waals surface area contributed by atoms with E-state index in [0.29, 0.717) is 24.0 Å². The first-order chi connectivity index (χ1) is 12.0. The van der Waals surface area contributed by atoms with Gasteiger partial charge in [-0.15, -0.1) is 0 Å². The summed E-state index contributed by atoms with van der Waals surface area (Å²) in [4.78, 5) is 22.3. The van der Waals surface area contributed by atoms with Crippen molar-refractivity contribution in [3.05, 3.63) is 47.8 Å². The zero-order valence-electron chi connectivity index (χ0n) is 14.8. The molecule has 132 valence electrons. The van der Waals surface area contributed by atoms with Crippen LogP contribution in [0.1, 0.15) is 11.3 Å². The summed E-state index contributed by atoms with van der Waals surface area (Å²) in [6.07, 6.45) is 4.85. The van der Waals surface area contributed by atoms with Crippen LogP contribution in [0, 0.1) is 0 Å². The number of carbonyl (C=O) groups is 1. The number of nitrogens with zero attached hydrogens (tertiary/aromatic N) is 3. The molecule has 1 aromatic heterocycles. The van der Waals surface area contributed by atoms with Crippen LogP contribution in [-0.2, 0) is 11.3 Å². The van der Waals surface area contributed by atoms with Gasteiger partial charge in [-0.2, -0.15) is 0 Å². The Kier molecular flexibility index (Phi) is 6.33. The molecule has 0 fully saturated rings. The fourth-order valence-corrected chi connectivity index (χ4v) is 2.06. The maximum atomic E-state index is 12.0. The molecule has 0 atom stereocenters. The fourth-order valence-electron chi connectivity index (χ4n) is 2.06. The number of nitrogens with one attached hydrogen (secondary N) is 1. The lowest BCUT2D eigenvalue weighted by atomic mass is 10.2. The summed E-state index contributed by atoms with van der Waals surface area (Å²) in [6.45, 7) is 0.332. The zero-order valence-corrected chi connectivity index (χ0v) is 14.8. The summed E-state index contributed by atoms with van der Waals surface area (Å²) in [7, 11) is 6.88. The van der Waals surface area contributed by atoms with Gasteiger partial charge < -0.3 is 19.7 Å². The van der Waals surface area contributed by atoms with Crippen LogP contribution in [-0.4, -0.2) is 44.2 Å². The molecule has 0 saturated heterocycles. The Morgan fingerprint density at radius 3 is 2.64 bits per heavy atom. The first-order valence-electron chi connectivity index (χ1n) is 7.70. The summed E-state index contributed by atoms with van der Waals surface area (Å²) in [6, 6.07) is 7.21. The van der Waals surface area contributed by atoms with Gasteiger partial charge in [0.2, 0.25) is 11.9 Å². The first kappa shape index (κ1) is 18.3. The lowest BCUT2D eigenvalue weighted by molar-refractivity contribution is -0.116. The van der Waals surface area contributed by atoms with Gasteiger partial charge in [0.15, 0.2) is 11.5 Å². The van der Waals surface area contributed by atoms with Crippen LogP contribution in [0.25, 0.3) is 6.08 Å². The van der Waals surface area contributed by atoms with Gasteiger partial charge in [0.25, 0.3) is 0 Å². The van der Waals surface area contributed by atoms with Gasteiger partial charge in [-0.25, -0.2) is 9.97 Å². The molecule has 2 rings (SSSR count). The Morgan fingerprint density at radius 2 is 1.96 bits per heavy atom. The molecule has 1 amide bonds.